The van der Waals surface area contributed by atoms with Gasteiger partial charge in [-0.1, -0.05) is 11.8 Å². The largest absolute Gasteiger partial charge is 0.497 e. The van der Waals surface area contributed by atoms with Crippen LogP contribution in [0.15, 0.2) is 29.4 Å². The first-order valence-electron chi connectivity index (χ1n) is 6.69. The molecular formula is C14H20N4O2S. The molecule has 0 saturated carbocycles. The molecule has 2 rings (SSSR count). The number of ether oxygens (including phenoxy) is 2. The van der Waals surface area contributed by atoms with Crippen LogP contribution in [0.5, 0.6) is 11.5 Å². The van der Waals surface area contributed by atoms with E-state index in [4.69, 9.17) is 9.47 Å². The zero-order chi connectivity index (χ0) is 15.3. The molecule has 0 aliphatic heterocycles. The van der Waals surface area contributed by atoms with Crippen LogP contribution in [0.25, 0.3) is 0 Å². The normalized spacial score (nSPS) is 11.4. The van der Waals surface area contributed by atoms with Crippen molar-refractivity contribution in [2.24, 2.45) is 0 Å². The van der Waals surface area contributed by atoms with Crippen molar-refractivity contribution in [1.29, 1.82) is 0 Å². The fourth-order valence-electron chi connectivity index (χ4n) is 1.65. The van der Waals surface area contributed by atoms with E-state index in [1.165, 1.54) is 0 Å². The lowest BCUT2D eigenvalue weighted by molar-refractivity contribution is 0.320. The van der Waals surface area contributed by atoms with Crippen LogP contribution in [0.2, 0.25) is 0 Å². The van der Waals surface area contributed by atoms with E-state index in [1.54, 1.807) is 18.9 Å². The molecular weight excluding hydrogens is 288 g/mol. The number of nitrogens with zero attached hydrogens (tertiary/aromatic N) is 4. The van der Waals surface area contributed by atoms with E-state index in [0.717, 1.165) is 22.4 Å². The van der Waals surface area contributed by atoms with E-state index in [-0.39, 0.29) is 5.54 Å². The molecule has 1 aromatic heterocycles. The van der Waals surface area contributed by atoms with Gasteiger partial charge < -0.3 is 9.47 Å². The zero-order valence-corrected chi connectivity index (χ0v) is 13.6. The molecule has 0 N–H and O–H groups in total. The number of methoxy groups -OCH3 is 1. The van der Waals surface area contributed by atoms with Crippen molar-refractivity contribution in [2.75, 3.05) is 19.5 Å². The summed E-state index contributed by atoms with van der Waals surface area (Å²) in [6.07, 6.45) is 0. The lowest BCUT2D eigenvalue weighted by Crippen LogP contribution is -2.24. The second-order valence-electron chi connectivity index (χ2n) is 5.42. The molecule has 6 nitrogen and oxygen atoms in total. The Kier molecular flexibility index (Phi) is 5.06. The fourth-order valence-corrected chi connectivity index (χ4v) is 2.53. The van der Waals surface area contributed by atoms with Gasteiger partial charge in [-0.15, -0.1) is 5.10 Å². The molecule has 21 heavy (non-hydrogen) atoms. The number of tetrazole rings is 1. The van der Waals surface area contributed by atoms with Gasteiger partial charge in [-0.05, 0) is 55.5 Å². The minimum atomic E-state index is -0.122. The monoisotopic (exact) mass is 308 g/mol. The summed E-state index contributed by atoms with van der Waals surface area (Å²) >= 11 is 1.58. The molecule has 114 valence electrons. The van der Waals surface area contributed by atoms with Gasteiger partial charge >= 0.3 is 0 Å². The summed E-state index contributed by atoms with van der Waals surface area (Å²) in [5, 5.41) is 12.6. The van der Waals surface area contributed by atoms with Crippen molar-refractivity contribution in [3.05, 3.63) is 24.3 Å². The number of rotatable bonds is 6. The summed E-state index contributed by atoms with van der Waals surface area (Å²) in [5.41, 5.74) is -0.122. The number of hydrogen-bond donors (Lipinski definition) is 0. The molecule has 0 bridgehead atoms. The van der Waals surface area contributed by atoms with E-state index >= 15 is 0 Å². The van der Waals surface area contributed by atoms with Gasteiger partial charge in [0.2, 0.25) is 5.16 Å². The molecule has 0 fully saturated rings. The summed E-state index contributed by atoms with van der Waals surface area (Å²) in [4.78, 5) is 0. The van der Waals surface area contributed by atoms with Crippen LogP contribution in [0.1, 0.15) is 20.8 Å². The fraction of sp³-hybridized carbons (Fsp3) is 0.500. The first-order chi connectivity index (χ1) is 10.0. The predicted molar refractivity (Wildman–Crippen MR) is 82.0 cm³/mol. The third-order valence-corrected chi connectivity index (χ3v) is 3.60. The molecule has 0 radical (unpaired) electrons. The zero-order valence-electron chi connectivity index (χ0n) is 12.7. The highest BCUT2D eigenvalue weighted by Crippen LogP contribution is 2.22. The van der Waals surface area contributed by atoms with Gasteiger partial charge in [0.25, 0.3) is 0 Å². The van der Waals surface area contributed by atoms with E-state index in [1.807, 2.05) is 28.9 Å². The maximum Gasteiger partial charge on any atom is 0.209 e. The minimum absolute atomic E-state index is 0.122. The Balaban J connectivity index is 1.81. The van der Waals surface area contributed by atoms with Gasteiger partial charge in [0, 0.05) is 5.75 Å². The van der Waals surface area contributed by atoms with E-state index in [9.17, 15) is 0 Å². The molecule has 0 aliphatic carbocycles. The van der Waals surface area contributed by atoms with Crippen LogP contribution >= 0.6 is 11.8 Å². The second kappa shape index (κ2) is 6.80. The highest BCUT2D eigenvalue weighted by Gasteiger charge is 2.19. The quantitative estimate of drug-likeness (QED) is 0.604. The third kappa shape index (κ3) is 4.35. The van der Waals surface area contributed by atoms with Crippen LogP contribution in [-0.2, 0) is 5.54 Å². The summed E-state index contributed by atoms with van der Waals surface area (Å²) in [5.74, 6) is 2.43. The Bertz CT molecular complexity index is 563. The second-order valence-corrected chi connectivity index (χ2v) is 6.48. The van der Waals surface area contributed by atoms with Gasteiger partial charge in [-0.3, -0.25) is 0 Å². The molecule has 0 aliphatic rings. The van der Waals surface area contributed by atoms with Gasteiger partial charge in [0.1, 0.15) is 11.5 Å². The summed E-state index contributed by atoms with van der Waals surface area (Å²) in [6, 6.07) is 7.54. The SMILES string of the molecule is COc1ccc(OCCSc2nnnn2C(C)(C)C)cc1. The van der Waals surface area contributed by atoms with Crippen molar-refractivity contribution in [2.45, 2.75) is 31.5 Å². The first-order valence-corrected chi connectivity index (χ1v) is 7.68. The first kappa shape index (κ1) is 15.6. The predicted octanol–water partition coefficient (Wildman–Crippen LogP) is 2.61. The topological polar surface area (TPSA) is 62.1 Å². The van der Waals surface area contributed by atoms with Gasteiger partial charge in [-0.2, -0.15) is 0 Å². The maximum absolute atomic E-state index is 5.68. The van der Waals surface area contributed by atoms with Crippen molar-refractivity contribution >= 4 is 11.8 Å². The number of benzene rings is 1. The minimum Gasteiger partial charge on any atom is -0.497 e. The maximum atomic E-state index is 5.68. The van der Waals surface area contributed by atoms with Crippen LogP contribution in [0.4, 0.5) is 0 Å². The van der Waals surface area contributed by atoms with E-state index in [0.29, 0.717) is 6.61 Å². The van der Waals surface area contributed by atoms with Crippen molar-refractivity contribution in [1.82, 2.24) is 20.2 Å². The molecule has 1 heterocycles. The Hall–Kier alpha value is -1.76. The Labute approximate surface area is 128 Å². The molecule has 2 aromatic rings. The molecule has 0 spiro atoms. The van der Waals surface area contributed by atoms with Crippen LogP contribution < -0.4 is 9.47 Å². The molecule has 1 aromatic carbocycles. The summed E-state index contributed by atoms with van der Waals surface area (Å²) in [6.45, 7) is 6.80. The molecule has 0 unspecified atom stereocenters. The van der Waals surface area contributed by atoms with E-state index < -0.39 is 0 Å². The van der Waals surface area contributed by atoms with Gasteiger partial charge in [-0.25, -0.2) is 4.68 Å². The van der Waals surface area contributed by atoms with E-state index in [2.05, 4.69) is 36.3 Å². The van der Waals surface area contributed by atoms with Crippen LogP contribution in [0, 0.1) is 0 Å². The molecule has 7 heteroatoms. The van der Waals surface area contributed by atoms with Gasteiger partial charge in [0.05, 0.1) is 19.3 Å². The average Bonchev–Trinajstić information content (AvgIpc) is 2.93. The van der Waals surface area contributed by atoms with Gasteiger partial charge in [0.15, 0.2) is 0 Å². The molecule has 0 amide bonds. The highest BCUT2D eigenvalue weighted by atomic mass is 32.2. The summed E-state index contributed by atoms with van der Waals surface area (Å²) in [7, 11) is 1.64. The van der Waals surface area contributed by atoms with Crippen LogP contribution in [0.3, 0.4) is 0 Å². The van der Waals surface area contributed by atoms with Crippen molar-refractivity contribution < 1.29 is 9.47 Å². The Morgan fingerprint density at radius 3 is 2.43 bits per heavy atom. The summed E-state index contributed by atoms with van der Waals surface area (Å²) < 4.78 is 12.6. The highest BCUT2D eigenvalue weighted by molar-refractivity contribution is 7.99. The lowest BCUT2D eigenvalue weighted by Gasteiger charge is -2.19. The average molecular weight is 308 g/mol. The standard InChI is InChI=1S/C14H20N4O2S/c1-14(2,3)18-13(15-16-17-18)21-10-9-20-12-7-5-11(19-4)6-8-12/h5-8H,9-10H2,1-4H3. The smallest absolute Gasteiger partial charge is 0.209 e. The number of thioether (sulfide) groups is 1. The lowest BCUT2D eigenvalue weighted by atomic mass is 10.1. The Morgan fingerprint density at radius 1 is 1.14 bits per heavy atom. The number of aromatic nitrogens is 4. The Morgan fingerprint density at radius 2 is 1.81 bits per heavy atom. The third-order valence-electron chi connectivity index (χ3n) is 2.72. The molecule has 0 atom stereocenters. The van der Waals surface area contributed by atoms with Crippen molar-refractivity contribution in [3.8, 4) is 11.5 Å². The molecule has 0 saturated heterocycles. The number of hydrogen-bond acceptors (Lipinski definition) is 6. The van der Waals surface area contributed by atoms with Crippen LogP contribution in [-0.4, -0.2) is 39.7 Å². The van der Waals surface area contributed by atoms with Crippen molar-refractivity contribution in [3.63, 3.8) is 0 Å².